The van der Waals surface area contributed by atoms with E-state index in [9.17, 15) is 0 Å². The first-order valence-electron chi connectivity index (χ1n) is 4.31. The van der Waals surface area contributed by atoms with Crippen molar-refractivity contribution in [2.75, 3.05) is 5.32 Å². The summed E-state index contributed by atoms with van der Waals surface area (Å²) >= 11 is 8.34. The average Bonchev–Trinajstić information content (AvgIpc) is 2.22. The lowest BCUT2D eigenvalue weighted by Crippen LogP contribution is -1.93. The van der Waals surface area contributed by atoms with Crippen LogP contribution in [0.4, 0.5) is 11.5 Å². The number of anilines is 2. The zero-order chi connectivity index (χ0) is 10.7. The van der Waals surface area contributed by atoms with Gasteiger partial charge in [0.15, 0.2) is 0 Å². The number of hydrogen-bond donors (Lipinski definition) is 2. The molecular weight excluding hydrogens is 274 g/mol. The van der Waals surface area contributed by atoms with E-state index < -0.39 is 0 Å². The van der Waals surface area contributed by atoms with Crippen LogP contribution in [-0.4, -0.2) is 9.97 Å². The highest BCUT2D eigenvalue weighted by molar-refractivity contribution is 9.10. The molecular formula is C10H8BrN3S. The van der Waals surface area contributed by atoms with E-state index in [1.165, 1.54) is 0 Å². The second-order valence-electron chi connectivity index (χ2n) is 2.93. The summed E-state index contributed by atoms with van der Waals surface area (Å²) in [6.45, 7) is 0. The molecule has 1 aromatic carbocycles. The van der Waals surface area contributed by atoms with Crippen LogP contribution in [0.15, 0.2) is 41.1 Å². The van der Waals surface area contributed by atoms with Crippen LogP contribution >= 0.6 is 28.1 Å². The normalized spacial score (nSPS) is 9.93. The van der Waals surface area contributed by atoms with E-state index in [4.69, 9.17) is 12.2 Å². The number of rotatable bonds is 2. The first-order chi connectivity index (χ1) is 7.24. The van der Waals surface area contributed by atoms with Crippen molar-refractivity contribution in [2.24, 2.45) is 0 Å². The number of nitrogens with one attached hydrogen (secondary N) is 2. The molecule has 0 unspecified atom stereocenters. The van der Waals surface area contributed by atoms with E-state index in [1.54, 1.807) is 12.4 Å². The lowest BCUT2D eigenvalue weighted by molar-refractivity contribution is 1.15. The lowest BCUT2D eigenvalue weighted by atomic mass is 10.3. The number of nitrogens with zero attached hydrogens (tertiary/aromatic N) is 1. The molecule has 2 N–H and O–H groups in total. The van der Waals surface area contributed by atoms with E-state index >= 15 is 0 Å². The summed E-state index contributed by atoms with van der Waals surface area (Å²) in [5.74, 6) is 0.831. The van der Waals surface area contributed by atoms with Crippen LogP contribution in [0.1, 0.15) is 0 Å². The third-order valence-electron chi connectivity index (χ3n) is 1.80. The van der Waals surface area contributed by atoms with Crippen molar-refractivity contribution in [1.29, 1.82) is 0 Å². The third kappa shape index (κ3) is 2.87. The van der Waals surface area contributed by atoms with Crippen molar-refractivity contribution in [3.05, 3.63) is 45.8 Å². The Balaban J connectivity index is 2.22. The van der Waals surface area contributed by atoms with Crippen LogP contribution in [0.25, 0.3) is 0 Å². The standard InChI is InChI=1S/C10H8BrN3S/c11-7-1-3-8(4-2-7)14-9-5-10(15)13-6-12-9/h1-6H,(H2,12,13,14,15). The van der Waals surface area contributed by atoms with Crippen LogP contribution in [0, 0.1) is 4.64 Å². The molecule has 76 valence electrons. The predicted molar refractivity (Wildman–Crippen MR) is 66.8 cm³/mol. The molecule has 2 aromatic rings. The minimum Gasteiger partial charge on any atom is -0.342 e. The number of H-pyrrole nitrogens is 1. The fraction of sp³-hybridized carbons (Fsp3) is 0. The van der Waals surface area contributed by atoms with Crippen molar-refractivity contribution in [2.45, 2.75) is 0 Å². The number of benzene rings is 1. The van der Waals surface area contributed by atoms with Gasteiger partial charge < -0.3 is 10.3 Å². The Labute approximate surface area is 101 Å². The summed E-state index contributed by atoms with van der Waals surface area (Å²) < 4.78 is 1.61. The Kier molecular flexibility index (Phi) is 3.13. The van der Waals surface area contributed by atoms with Crippen molar-refractivity contribution in [1.82, 2.24) is 9.97 Å². The first-order valence-corrected chi connectivity index (χ1v) is 5.51. The summed E-state index contributed by atoms with van der Waals surface area (Å²) in [4.78, 5) is 6.88. The number of halogens is 1. The largest absolute Gasteiger partial charge is 0.342 e. The van der Waals surface area contributed by atoms with Gasteiger partial charge in [-0.3, -0.25) is 0 Å². The van der Waals surface area contributed by atoms with Crippen molar-refractivity contribution >= 4 is 39.7 Å². The third-order valence-corrected chi connectivity index (χ3v) is 2.55. The Hall–Kier alpha value is -1.20. The fourth-order valence-corrected chi connectivity index (χ4v) is 1.56. The molecule has 0 saturated carbocycles. The molecule has 1 aromatic heterocycles. The molecule has 0 aliphatic carbocycles. The second-order valence-corrected chi connectivity index (χ2v) is 4.26. The van der Waals surface area contributed by atoms with E-state index in [0.29, 0.717) is 4.64 Å². The van der Waals surface area contributed by atoms with E-state index in [1.807, 2.05) is 24.3 Å². The van der Waals surface area contributed by atoms with Gasteiger partial charge in [0, 0.05) is 16.2 Å². The molecule has 0 amide bonds. The summed E-state index contributed by atoms with van der Waals surface area (Å²) in [6, 6.07) is 9.66. The molecule has 0 saturated heterocycles. The maximum Gasteiger partial charge on any atom is 0.131 e. The number of aromatic amines is 1. The highest BCUT2D eigenvalue weighted by atomic mass is 79.9. The van der Waals surface area contributed by atoms with Gasteiger partial charge in [-0.2, -0.15) is 0 Å². The Morgan fingerprint density at radius 2 is 2.00 bits per heavy atom. The quantitative estimate of drug-likeness (QED) is 0.826. The van der Waals surface area contributed by atoms with Gasteiger partial charge in [0.2, 0.25) is 0 Å². The van der Waals surface area contributed by atoms with Crippen molar-refractivity contribution in [3.63, 3.8) is 0 Å². The molecule has 0 aliphatic rings. The van der Waals surface area contributed by atoms with Gasteiger partial charge in [0.25, 0.3) is 0 Å². The molecule has 0 atom stereocenters. The molecule has 5 heteroatoms. The van der Waals surface area contributed by atoms with Gasteiger partial charge in [-0.05, 0) is 24.3 Å². The van der Waals surface area contributed by atoms with Gasteiger partial charge in [0.1, 0.15) is 10.5 Å². The van der Waals surface area contributed by atoms with Crippen LogP contribution in [-0.2, 0) is 0 Å². The molecule has 0 radical (unpaired) electrons. The van der Waals surface area contributed by atoms with Gasteiger partial charge in [-0.1, -0.05) is 28.1 Å². The summed E-state index contributed by atoms with van der Waals surface area (Å²) in [5, 5.41) is 3.19. The van der Waals surface area contributed by atoms with E-state index in [0.717, 1.165) is 16.0 Å². The second kappa shape index (κ2) is 4.55. The molecule has 3 nitrogen and oxygen atoms in total. The van der Waals surface area contributed by atoms with Crippen LogP contribution < -0.4 is 5.32 Å². The maximum absolute atomic E-state index is 4.96. The summed E-state index contributed by atoms with van der Waals surface area (Å²) in [7, 11) is 0. The molecule has 0 bridgehead atoms. The van der Waals surface area contributed by atoms with Crippen molar-refractivity contribution in [3.8, 4) is 0 Å². The summed E-state index contributed by atoms with van der Waals surface area (Å²) in [5.41, 5.74) is 0.995. The van der Waals surface area contributed by atoms with E-state index in [-0.39, 0.29) is 0 Å². The Bertz CT molecular complexity index is 507. The highest BCUT2D eigenvalue weighted by Gasteiger charge is 1.94. The molecule has 0 fully saturated rings. The van der Waals surface area contributed by atoms with E-state index in [2.05, 4.69) is 31.2 Å². The van der Waals surface area contributed by atoms with Gasteiger partial charge >= 0.3 is 0 Å². The first kappa shape index (κ1) is 10.3. The molecule has 0 aliphatic heterocycles. The minimum absolute atomic E-state index is 0.563. The smallest absolute Gasteiger partial charge is 0.131 e. The molecule has 2 rings (SSSR count). The average molecular weight is 282 g/mol. The number of aromatic nitrogens is 2. The van der Waals surface area contributed by atoms with Crippen molar-refractivity contribution < 1.29 is 0 Å². The Morgan fingerprint density at radius 3 is 2.67 bits per heavy atom. The number of hydrogen-bond acceptors (Lipinski definition) is 3. The van der Waals surface area contributed by atoms with Crippen LogP contribution in [0.3, 0.4) is 0 Å². The zero-order valence-corrected chi connectivity index (χ0v) is 10.1. The maximum atomic E-state index is 4.96. The fourth-order valence-electron chi connectivity index (χ4n) is 1.13. The molecule has 1 heterocycles. The van der Waals surface area contributed by atoms with Crippen LogP contribution in [0.5, 0.6) is 0 Å². The molecule has 0 spiro atoms. The SMILES string of the molecule is S=c1cc(Nc2ccc(Br)cc2)[nH]cn1. The molecule has 15 heavy (non-hydrogen) atoms. The topological polar surface area (TPSA) is 40.7 Å². The van der Waals surface area contributed by atoms with Gasteiger partial charge in [-0.25, -0.2) is 4.98 Å². The van der Waals surface area contributed by atoms with Gasteiger partial charge in [-0.15, -0.1) is 0 Å². The zero-order valence-electron chi connectivity index (χ0n) is 7.70. The summed E-state index contributed by atoms with van der Waals surface area (Å²) in [6.07, 6.45) is 1.57. The monoisotopic (exact) mass is 281 g/mol. The highest BCUT2D eigenvalue weighted by Crippen LogP contribution is 2.17. The van der Waals surface area contributed by atoms with Gasteiger partial charge in [0.05, 0.1) is 6.33 Å². The minimum atomic E-state index is 0.563. The Morgan fingerprint density at radius 1 is 1.27 bits per heavy atom. The van der Waals surface area contributed by atoms with Crippen LogP contribution in [0.2, 0.25) is 0 Å². The predicted octanol–water partition coefficient (Wildman–Crippen LogP) is 3.65. The lowest BCUT2D eigenvalue weighted by Gasteiger charge is -2.05.